The van der Waals surface area contributed by atoms with Gasteiger partial charge in [0.15, 0.2) is 0 Å². The van der Waals surface area contributed by atoms with Gasteiger partial charge in [-0.05, 0) is 46.1 Å². The zero-order chi connectivity index (χ0) is 18.8. The molecule has 144 valence electrons. The normalized spacial score (nSPS) is 23.6. The van der Waals surface area contributed by atoms with Crippen LogP contribution in [0.1, 0.15) is 46.1 Å². The van der Waals surface area contributed by atoms with Gasteiger partial charge in [-0.15, -0.1) is 0 Å². The van der Waals surface area contributed by atoms with Crippen molar-refractivity contribution in [1.29, 1.82) is 0 Å². The zero-order valence-corrected chi connectivity index (χ0v) is 16.6. The molecule has 2 heterocycles. The molecular formula is C21H33N3O2. The molecule has 0 atom stereocenters. The lowest BCUT2D eigenvalue weighted by molar-refractivity contribution is 0.0252. The molecule has 2 fully saturated rings. The third-order valence-electron chi connectivity index (χ3n) is 5.46. The lowest BCUT2D eigenvalue weighted by Crippen LogP contribution is -2.64. The number of carbonyl (C=O) groups excluding carboxylic acids is 1. The number of hydrogen-bond acceptors (Lipinski definition) is 4. The molecule has 1 N–H and O–H groups in total. The van der Waals surface area contributed by atoms with Gasteiger partial charge in [0.05, 0.1) is 0 Å². The van der Waals surface area contributed by atoms with Crippen LogP contribution in [0.4, 0.5) is 4.79 Å². The van der Waals surface area contributed by atoms with Gasteiger partial charge in [0.1, 0.15) is 6.61 Å². The van der Waals surface area contributed by atoms with E-state index in [4.69, 9.17) is 4.74 Å². The van der Waals surface area contributed by atoms with Crippen LogP contribution in [-0.4, -0.2) is 59.2 Å². The average molecular weight is 360 g/mol. The maximum Gasteiger partial charge on any atom is 0.410 e. The summed E-state index contributed by atoms with van der Waals surface area (Å²) in [4.78, 5) is 16.7. The number of amides is 1. The lowest BCUT2D eigenvalue weighted by Gasteiger charge is -2.51. The average Bonchev–Trinajstić information content (AvgIpc) is 2.58. The molecule has 5 nitrogen and oxygen atoms in total. The molecule has 26 heavy (non-hydrogen) atoms. The fourth-order valence-electron chi connectivity index (χ4n) is 4.61. The van der Waals surface area contributed by atoms with Gasteiger partial charge in [0, 0.05) is 43.3 Å². The summed E-state index contributed by atoms with van der Waals surface area (Å²) >= 11 is 0. The number of carbonyl (C=O) groups is 1. The molecule has 3 rings (SSSR count). The van der Waals surface area contributed by atoms with Crippen LogP contribution in [0.3, 0.4) is 0 Å². The smallest absolute Gasteiger partial charge is 0.410 e. The van der Waals surface area contributed by atoms with Crippen molar-refractivity contribution in [2.24, 2.45) is 0 Å². The van der Waals surface area contributed by atoms with E-state index in [1.165, 1.54) is 0 Å². The highest BCUT2D eigenvalue weighted by Crippen LogP contribution is 2.32. The molecular weight excluding hydrogens is 326 g/mol. The molecule has 1 aromatic rings. The SMILES string of the molecule is CC1(C)CC(N2CCN(C(=O)OCc3ccccc3)CC2)CC(C)(C)N1. The summed E-state index contributed by atoms with van der Waals surface area (Å²) in [5.74, 6) is 0. The number of piperazine rings is 1. The predicted octanol–water partition coefficient (Wildman–Crippen LogP) is 3.25. The van der Waals surface area contributed by atoms with E-state index in [1.54, 1.807) is 0 Å². The number of hydrogen-bond donors (Lipinski definition) is 1. The van der Waals surface area contributed by atoms with Crippen molar-refractivity contribution in [3.63, 3.8) is 0 Å². The number of nitrogens with one attached hydrogen (secondary N) is 1. The highest BCUT2D eigenvalue weighted by molar-refractivity contribution is 5.67. The molecule has 0 spiro atoms. The predicted molar refractivity (Wildman–Crippen MR) is 104 cm³/mol. The highest BCUT2D eigenvalue weighted by atomic mass is 16.6. The van der Waals surface area contributed by atoms with Gasteiger partial charge in [0.25, 0.3) is 0 Å². The molecule has 0 radical (unpaired) electrons. The van der Waals surface area contributed by atoms with E-state index in [1.807, 2.05) is 35.2 Å². The largest absolute Gasteiger partial charge is 0.445 e. The first-order chi connectivity index (χ1) is 12.2. The standard InChI is InChI=1S/C21H33N3O2/c1-20(2)14-18(15-21(3,4)22-20)23-10-12-24(13-11-23)19(25)26-16-17-8-6-5-7-9-17/h5-9,18,22H,10-16H2,1-4H3. The molecule has 2 aliphatic heterocycles. The Morgan fingerprint density at radius 2 is 1.62 bits per heavy atom. The van der Waals surface area contributed by atoms with Crippen molar-refractivity contribution in [2.75, 3.05) is 26.2 Å². The Morgan fingerprint density at radius 3 is 2.19 bits per heavy atom. The van der Waals surface area contributed by atoms with Crippen molar-refractivity contribution >= 4 is 6.09 Å². The van der Waals surface area contributed by atoms with Gasteiger partial charge in [0.2, 0.25) is 0 Å². The lowest BCUT2D eigenvalue weighted by atomic mass is 9.79. The second-order valence-electron chi connectivity index (χ2n) is 9.02. The van der Waals surface area contributed by atoms with Gasteiger partial charge in [-0.3, -0.25) is 4.90 Å². The zero-order valence-electron chi connectivity index (χ0n) is 16.6. The van der Waals surface area contributed by atoms with E-state index in [-0.39, 0.29) is 17.2 Å². The van der Waals surface area contributed by atoms with Crippen LogP contribution in [0.25, 0.3) is 0 Å². The molecule has 2 aliphatic rings. The monoisotopic (exact) mass is 359 g/mol. The van der Waals surface area contributed by atoms with Crippen molar-refractivity contribution in [2.45, 2.75) is 64.3 Å². The minimum absolute atomic E-state index is 0.151. The Morgan fingerprint density at radius 1 is 1.04 bits per heavy atom. The number of ether oxygens (including phenoxy) is 1. The maximum absolute atomic E-state index is 12.3. The molecule has 5 heteroatoms. The fraction of sp³-hybridized carbons (Fsp3) is 0.667. The second kappa shape index (κ2) is 7.57. The highest BCUT2D eigenvalue weighted by Gasteiger charge is 2.40. The Kier molecular flexibility index (Phi) is 5.58. The van der Waals surface area contributed by atoms with Gasteiger partial charge in [-0.1, -0.05) is 30.3 Å². The molecule has 0 unspecified atom stereocenters. The molecule has 0 aliphatic carbocycles. The van der Waals surface area contributed by atoms with Crippen LogP contribution in [0.5, 0.6) is 0 Å². The van der Waals surface area contributed by atoms with Crippen molar-refractivity contribution < 1.29 is 9.53 Å². The van der Waals surface area contributed by atoms with Gasteiger partial charge in [-0.2, -0.15) is 0 Å². The van der Waals surface area contributed by atoms with Crippen molar-refractivity contribution in [3.05, 3.63) is 35.9 Å². The van der Waals surface area contributed by atoms with Crippen LogP contribution >= 0.6 is 0 Å². The first-order valence-electron chi connectivity index (χ1n) is 9.73. The third kappa shape index (κ3) is 4.98. The molecule has 1 amide bonds. The van der Waals surface area contributed by atoms with E-state index in [0.29, 0.717) is 12.6 Å². The summed E-state index contributed by atoms with van der Waals surface area (Å²) < 4.78 is 5.47. The number of rotatable bonds is 3. The van der Waals surface area contributed by atoms with E-state index in [0.717, 1.165) is 44.6 Å². The van der Waals surface area contributed by atoms with Crippen LogP contribution < -0.4 is 5.32 Å². The van der Waals surface area contributed by atoms with Gasteiger partial charge < -0.3 is 15.0 Å². The summed E-state index contributed by atoms with van der Waals surface area (Å²) in [5.41, 5.74) is 1.33. The number of piperidine rings is 1. The quantitative estimate of drug-likeness (QED) is 0.900. The Balaban J connectivity index is 1.48. The topological polar surface area (TPSA) is 44.8 Å². The molecule has 1 aromatic carbocycles. The number of nitrogens with zero attached hydrogens (tertiary/aromatic N) is 2. The summed E-state index contributed by atoms with van der Waals surface area (Å²) in [6.45, 7) is 12.9. The van der Waals surface area contributed by atoms with Crippen LogP contribution in [0.15, 0.2) is 30.3 Å². The summed E-state index contributed by atoms with van der Waals surface area (Å²) in [6.07, 6.45) is 2.10. The summed E-state index contributed by atoms with van der Waals surface area (Å²) in [5, 5.41) is 3.75. The van der Waals surface area contributed by atoms with Crippen molar-refractivity contribution in [1.82, 2.24) is 15.1 Å². The first kappa shape index (κ1) is 19.2. The minimum Gasteiger partial charge on any atom is -0.445 e. The first-order valence-corrected chi connectivity index (χ1v) is 9.73. The summed E-state index contributed by atoms with van der Waals surface area (Å²) in [6, 6.07) is 10.4. The molecule has 0 saturated carbocycles. The molecule has 0 aromatic heterocycles. The van der Waals surface area contributed by atoms with Crippen LogP contribution in [0.2, 0.25) is 0 Å². The van der Waals surface area contributed by atoms with E-state index in [2.05, 4.69) is 37.9 Å². The van der Waals surface area contributed by atoms with E-state index >= 15 is 0 Å². The second-order valence-corrected chi connectivity index (χ2v) is 9.02. The fourth-order valence-corrected chi connectivity index (χ4v) is 4.61. The minimum atomic E-state index is -0.195. The Labute approximate surface area is 157 Å². The van der Waals surface area contributed by atoms with E-state index < -0.39 is 0 Å². The molecule has 0 bridgehead atoms. The Hall–Kier alpha value is -1.59. The summed E-state index contributed by atoms with van der Waals surface area (Å²) in [7, 11) is 0. The Bertz CT molecular complexity index is 591. The van der Waals surface area contributed by atoms with Gasteiger partial charge >= 0.3 is 6.09 Å². The van der Waals surface area contributed by atoms with Crippen LogP contribution in [-0.2, 0) is 11.3 Å². The number of benzene rings is 1. The maximum atomic E-state index is 12.3. The van der Waals surface area contributed by atoms with E-state index in [9.17, 15) is 4.79 Å². The van der Waals surface area contributed by atoms with Gasteiger partial charge in [-0.25, -0.2) is 4.79 Å². The third-order valence-corrected chi connectivity index (χ3v) is 5.46. The van der Waals surface area contributed by atoms with Crippen molar-refractivity contribution in [3.8, 4) is 0 Å². The van der Waals surface area contributed by atoms with Crippen LogP contribution in [0, 0.1) is 0 Å². The molecule has 2 saturated heterocycles.